The van der Waals surface area contributed by atoms with Gasteiger partial charge in [-0.2, -0.15) is 13.2 Å². The van der Waals surface area contributed by atoms with Crippen LogP contribution in [-0.2, 0) is 22.4 Å². The molecule has 1 heterocycles. The molecular weight excluding hydrogens is 395 g/mol. The molecule has 1 aromatic carbocycles. The average molecular weight is 413 g/mol. The van der Waals surface area contributed by atoms with Gasteiger partial charge in [-0.15, -0.1) is 11.8 Å². The molecule has 1 aromatic heterocycles. The smallest absolute Gasteiger partial charge is 0.419 e. The standard InChI is InChI=1S/C18H18F3N3O3S/c1-22-16(25)15(24-26-2)12-7-5-4-6-11(12)10-27-14-9-8-13(18(19,20)21)17(23-14)28-3/h4-9H,10H2,1-3H3,(H,22,25)/b24-15-. The number of pyridine rings is 1. The Labute approximate surface area is 164 Å². The van der Waals surface area contributed by atoms with Crippen LogP contribution < -0.4 is 10.1 Å². The number of thioether (sulfide) groups is 1. The Morgan fingerprint density at radius 1 is 1.25 bits per heavy atom. The molecule has 0 aliphatic carbocycles. The van der Waals surface area contributed by atoms with Crippen LogP contribution in [0.3, 0.4) is 0 Å². The van der Waals surface area contributed by atoms with Crippen molar-refractivity contribution < 1.29 is 27.5 Å². The zero-order valence-corrected chi connectivity index (χ0v) is 16.1. The number of alkyl halides is 3. The van der Waals surface area contributed by atoms with Crippen LogP contribution in [0.15, 0.2) is 46.6 Å². The van der Waals surface area contributed by atoms with Gasteiger partial charge in [0.05, 0.1) is 5.56 Å². The Balaban J connectivity index is 2.29. The van der Waals surface area contributed by atoms with Crippen LogP contribution >= 0.6 is 11.8 Å². The summed E-state index contributed by atoms with van der Waals surface area (Å²) in [5.74, 6) is -0.413. The first-order chi connectivity index (χ1) is 13.3. The molecule has 2 rings (SSSR count). The second kappa shape index (κ2) is 9.45. The van der Waals surface area contributed by atoms with E-state index in [0.29, 0.717) is 11.1 Å². The van der Waals surface area contributed by atoms with Crippen LogP contribution in [0, 0.1) is 0 Å². The van der Waals surface area contributed by atoms with E-state index in [1.54, 1.807) is 24.3 Å². The van der Waals surface area contributed by atoms with Crippen molar-refractivity contribution in [3.63, 3.8) is 0 Å². The maximum atomic E-state index is 13.0. The topological polar surface area (TPSA) is 72.8 Å². The summed E-state index contributed by atoms with van der Waals surface area (Å²) in [5.41, 5.74) is 0.297. The molecule has 2 aromatic rings. The van der Waals surface area contributed by atoms with Crippen molar-refractivity contribution >= 4 is 23.4 Å². The van der Waals surface area contributed by atoms with Gasteiger partial charge in [0.15, 0.2) is 5.71 Å². The number of ether oxygens (including phenoxy) is 1. The van der Waals surface area contributed by atoms with Gasteiger partial charge in [-0.3, -0.25) is 4.79 Å². The largest absolute Gasteiger partial charge is 0.473 e. The van der Waals surface area contributed by atoms with Crippen LogP contribution in [0.4, 0.5) is 13.2 Å². The van der Waals surface area contributed by atoms with E-state index in [9.17, 15) is 18.0 Å². The van der Waals surface area contributed by atoms with Crippen LogP contribution in [-0.4, -0.2) is 37.0 Å². The first-order valence-corrected chi connectivity index (χ1v) is 9.20. The number of carbonyl (C=O) groups is 1. The highest BCUT2D eigenvalue weighted by atomic mass is 32.2. The second-order valence-electron chi connectivity index (χ2n) is 5.35. The van der Waals surface area contributed by atoms with Crippen molar-refractivity contribution in [3.8, 4) is 5.88 Å². The molecule has 0 spiro atoms. The van der Waals surface area contributed by atoms with E-state index in [2.05, 4.69) is 15.5 Å². The minimum atomic E-state index is -4.49. The fraction of sp³-hybridized carbons (Fsp3) is 0.278. The van der Waals surface area contributed by atoms with Crippen LogP contribution in [0.2, 0.25) is 0 Å². The number of aromatic nitrogens is 1. The molecule has 0 unspecified atom stereocenters. The second-order valence-corrected chi connectivity index (χ2v) is 6.15. The van der Waals surface area contributed by atoms with E-state index in [-0.39, 0.29) is 23.2 Å². The van der Waals surface area contributed by atoms with Gasteiger partial charge >= 0.3 is 6.18 Å². The maximum Gasteiger partial charge on any atom is 0.419 e. The maximum absolute atomic E-state index is 13.0. The lowest BCUT2D eigenvalue weighted by Gasteiger charge is -2.14. The molecule has 1 N–H and O–H groups in total. The molecule has 28 heavy (non-hydrogen) atoms. The molecule has 0 saturated heterocycles. The Bertz CT molecular complexity index is 873. The van der Waals surface area contributed by atoms with E-state index in [0.717, 1.165) is 23.9 Å². The summed E-state index contributed by atoms with van der Waals surface area (Å²) >= 11 is 0.880. The minimum Gasteiger partial charge on any atom is -0.473 e. The lowest BCUT2D eigenvalue weighted by molar-refractivity contribution is -0.140. The highest BCUT2D eigenvalue weighted by Gasteiger charge is 2.34. The Morgan fingerprint density at radius 3 is 2.57 bits per heavy atom. The van der Waals surface area contributed by atoms with E-state index >= 15 is 0 Å². The lowest BCUT2D eigenvalue weighted by Crippen LogP contribution is -2.29. The molecule has 0 atom stereocenters. The van der Waals surface area contributed by atoms with Crippen LogP contribution in [0.25, 0.3) is 0 Å². The normalized spacial score (nSPS) is 11.9. The van der Waals surface area contributed by atoms with Gasteiger partial charge in [0.1, 0.15) is 18.7 Å². The van der Waals surface area contributed by atoms with Gasteiger partial charge in [-0.05, 0) is 17.9 Å². The highest BCUT2D eigenvalue weighted by molar-refractivity contribution is 7.98. The van der Waals surface area contributed by atoms with Crippen molar-refractivity contribution in [2.75, 3.05) is 20.4 Å². The predicted octanol–water partition coefficient (Wildman–Crippen LogP) is 3.50. The van der Waals surface area contributed by atoms with Crippen LogP contribution in [0.5, 0.6) is 5.88 Å². The summed E-state index contributed by atoms with van der Waals surface area (Å²) < 4.78 is 44.5. The lowest BCUT2D eigenvalue weighted by atomic mass is 10.0. The molecule has 0 radical (unpaired) electrons. The molecule has 0 saturated carbocycles. The number of hydrogen-bond acceptors (Lipinski definition) is 6. The van der Waals surface area contributed by atoms with Crippen molar-refractivity contribution in [2.45, 2.75) is 17.8 Å². The molecule has 0 fully saturated rings. The fourth-order valence-electron chi connectivity index (χ4n) is 2.33. The van der Waals surface area contributed by atoms with E-state index in [4.69, 9.17) is 9.57 Å². The fourth-order valence-corrected chi connectivity index (χ4v) is 2.91. The van der Waals surface area contributed by atoms with Gasteiger partial charge in [0.25, 0.3) is 5.91 Å². The van der Waals surface area contributed by atoms with Gasteiger partial charge < -0.3 is 14.9 Å². The van der Waals surface area contributed by atoms with E-state index in [1.165, 1.54) is 20.4 Å². The monoisotopic (exact) mass is 413 g/mol. The summed E-state index contributed by atoms with van der Waals surface area (Å²) in [6, 6.07) is 8.93. The van der Waals surface area contributed by atoms with Crippen molar-refractivity contribution in [1.29, 1.82) is 0 Å². The number of hydrogen-bond donors (Lipinski definition) is 1. The predicted molar refractivity (Wildman–Crippen MR) is 99.4 cm³/mol. The molecule has 0 aliphatic heterocycles. The first kappa shape index (κ1) is 21.5. The minimum absolute atomic E-state index is 0.0257. The third kappa shape index (κ3) is 5.16. The Kier molecular flexibility index (Phi) is 7.27. The summed E-state index contributed by atoms with van der Waals surface area (Å²) in [5, 5.41) is 6.05. The SMILES string of the molecule is CNC(=O)/C(=N\OC)c1ccccc1COc1ccc(C(F)(F)F)c(SC)n1. The number of benzene rings is 1. The molecular formula is C18H18F3N3O3S. The molecule has 1 amide bonds. The highest BCUT2D eigenvalue weighted by Crippen LogP contribution is 2.36. The van der Waals surface area contributed by atoms with Gasteiger partial charge in [0, 0.05) is 18.7 Å². The summed E-state index contributed by atoms with van der Waals surface area (Å²) in [4.78, 5) is 20.7. The quantitative estimate of drug-likeness (QED) is 0.427. The third-order valence-electron chi connectivity index (χ3n) is 3.61. The number of nitrogens with one attached hydrogen (secondary N) is 1. The molecule has 6 nitrogen and oxygen atoms in total. The summed E-state index contributed by atoms with van der Waals surface area (Å²) in [6.07, 6.45) is -2.98. The third-order valence-corrected chi connectivity index (χ3v) is 4.30. The van der Waals surface area contributed by atoms with Gasteiger partial charge in [-0.25, -0.2) is 4.98 Å². The molecule has 150 valence electrons. The number of halogens is 3. The number of carbonyl (C=O) groups excluding carboxylic acids is 1. The average Bonchev–Trinajstić information content (AvgIpc) is 2.69. The number of amides is 1. The van der Waals surface area contributed by atoms with Crippen LogP contribution in [0.1, 0.15) is 16.7 Å². The van der Waals surface area contributed by atoms with Gasteiger partial charge in [-0.1, -0.05) is 29.4 Å². The summed E-state index contributed by atoms with van der Waals surface area (Å²) in [6.45, 7) is -0.0257. The van der Waals surface area contributed by atoms with Crippen molar-refractivity contribution in [3.05, 3.63) is 53.1 Å². The van der Waals surface area contributed by atoms with Gasteiger partial charge in [0.2, 0.25) is 5.88 Å². The van der Waals surface area contributed by atoms with E-state index < -0.39 is 17.6 Å². The molecule has 0 bridgehead atoms. The number of likely N-dealkylation sites (N-methyl/N-ethyl adjacent to an activating group) is 1. The van der Waals surface area contributed by atoms with Crippen molar-refractivity contribution in [2.24, 2.45) is 5.16 Å². The first-order valence-electron chi connectivity index (χ1n) is 7.98. The number of rotatable bonds is 7. The Hall–Kier alpha value is -2.75. The van der Waals surface area contributed by atoms with E-state index in [1.807, 2.05) is 0 Å². The number of nitrogens with zero attached hydrogens (tertiary/aromatic N) is 2. The molecule has 10 heteroatoms. The molecule has 0 aliphatic rings. The number of oxime groups is 1. The zero-order chi connectivity index (χ0) is 20.7. The Morgan fingerprint density at radius 2 is 1.96 bits per heavy atom. The summed E-state index contributed by atoms with van der Waals surface area (Å²) in [7, 11) is 2.78. The van der Waals surface area contributed by atoms with Crippen molar-refractivity contribution in [1.82, 2.24) is 10.3 Å². The zero-order valence-electron chi connectivity index (χ0n) is 15.3.